The number of aliphatic hydroxyl groups is 1. The third kappa shape index (κ3) is 2.59. The van der Waals surface area contributed by atoms with Gasteiger partial charge in [0, 0.05) is 17.3 Å². The SMILES string of the molecule is CN(C)CC(CO)c1cccs1. The van der Waals surface area contributed by atoms with E-state index in [4.69, 9.17) is 5.11 Å². The van der Waals surface area contributed by atoms with Crippen molar-refractivity contribution in [1.82, 2.24) is 4.90 Å². The van der Waals surface area contributed by atoms with Crippen LogP contribution in [-0.2, 0) is 0 Å². The highest BCUT2D eigenvalue weighted by molar-refractivity contribution is 7.10. The molecule has 12 heavy (non-hydrogen) atoms. The van der Waals surface area contributed by atoms with Crippen LogP contribution in [-0.4, -0.2) is 37.3 Å². The summed E-state index contributed by atoms with van der Waals surface area (Å²) in [4.78, 5) is 3.37. The molecule has 0 saturated carbocycles. The lowest BCUT2D eigenvalue weighted by Crippen LogP contribution is -2.21. The van der Waals surface area contributed by atoms with Crippen molar-refractivity contribution in [2.75, 3.05) is 27.2 Å². The molecule has 0 radical (unpaired) electrons. The van der Waals surface area contributed by atoms with E-state index in [9.17, 15) is 0 Å². The first-order valence-corrected chi connectivity index (χ1v) is 4.91. The second kappa shape index (κ2) is 4.60. The molecular weight excluding hydrogens is 170 g/mol. The second-order valence-electron chi connectivity index (χ2n) is 3.16. The minimum Gasteiger partial charge on any atom is -0.396 e. The monoisotopic (exact) mass is 185 g/mol. The average Bonchev–Trinajstić information content (AvgIpc) is 2.51. The minimum absolute atomic E-state index is 0.235. The summed E-state index contributed by atoms with van der Waals surface area (Å²) in [6, 6.07) is 4.10. The summed E-state index contributed by atoms with van der Waals surface area (Å²) in [5.41, 5.74) is 0. The lowest BCUT2D eigenvalue weighted by molar-refractivity contribution is 0.236. The highest BCUT2D eigenvalue weighted by Crippen LogP contribution is 2.20. The standard InChI is InChI=1S/C9H15NOS/c1-10(2)6-8(7-11)9-4-3-5-12-9/h3-5,8,11H,6-7H2,1-2H3. The van der Waals surface area contributed by atoms with Crippen molar-refractivity contribution in [3.05, 3.63) is 22.4 Å². The summed E-state index contributed by atoms with van der Waals surface area (Å²) in [7, 11) is 4.05. The molecule has 3 heteroatoms. The van der Waals surface area contributed by atoms with Gasteiger partial charge in [-0.15, -0.1) is 11.3 Å². The number of likely N-dealkylation sites (N-methyl/N-ethyl adjacent to an activating group) is 1. The molecule has 0 saturated heterocycles. The third-order valence-electron chi connectivity index (χ3n) is 1.75. The molecule has 1 aromatic rings. The maximum absolute atomic E-state index is 9.13. The predicted molar refractivity (Wildman–Crippen MR) is 52.7 cm³/mol. The van der Waals surface area contributed by atoms with Crippen LogP contribution in [0.2, 0.25) is 0 Å². The first-order chi connectivity index (χ1) is 5.74. The van der Waals surface area contributed by atoms with Crippen molar-refractivity contribution < 1.29 is 5.11 Å². The van der Waals surface area contributed by atoms with E-state index in [-0.39, 0.29) is 12.5 Å². The Morgan fingerprint density at radius 2 is 2.33 bits per heavy atom. The Kier molecular flexibility index (Phi) is 3.72. The van der Waals surface area contributed by atoms with Crippen molar-refractivity contribution in [2.24, 2.45) is 0 Å². The van der Waals surface area contributed by atoms with E-state index in [1.54, 1.807) is 11.3 Å². The summed E-state index contributed by atoms with van der Waals surface area (Å²) in [5.74, 6) is 0.278. The number of hydrogen-bond donors (Lipinski definition) is 1. The first kappa shape index (κ1) is 9.71. The van der Waals surface area contributed by atoms with Gasteiger partial charge in [0.05, 0.1) is 6.61 Å². The molecule has 0 amide bonds. The molecule has 0 aliphatic rings. The van der Waals surface area contributed by atoms with Crippen molar-refractivity contribution in [3.8, 4) is 0 Å². The Balaban J connectivity index is 2.57. The quantitative estimate of drug-likeness (QED) is 0.766. The Morgan fingerprint density at radius 1 is 1.58 bits per heavy atom. The maximum Gasteiger partial charge on any atom is 0.0520 e. The van der Waals surface area contributed by atoms with Gasteiger partial charge in [-0.25, -0.2) is 0 Å². The number of aliphatic hydroxyl groups excluding tert-OH is 1. The average molecular weight is 185 g/mol. The fraction of sp³-hybridized carbons (Fsp3) is 0.556. The van der Waals surface area contributed by atoms with Crippen LogP contribution in [0, 0.1) is 0 Å². The third-order valence-corrected chi connectivity index (χ3v) is 2.79. The van der Waals surface area contributed by atoms with Crippen LogP contribution < -0.4 is 0 Å². The molecule has 1 heterocycles. The zero-order valence-electron chi connectivity index (χ0n) is 7.53. The van der Waals surface area contributed by atoms with E-state index in [2.05, 4.69) is 11.0 Å². The van der Waals surface area contributed by atoms with Crippen LogP contribution in [0.1, 0.15) is 10.8 Å². The molecule has 1 aromatic heterocycles. The van der Waals surface area contributed by atoms with Gasteiger partial charge >= 0.3 is 0 Å². The van der Waals surface area contributed by atoms with Gasteiger partial charge < -0.3 is 10.0 Å². The largest absolute Gasteiger partial charge is 0.396 e. The molecular formula is C9H15NOS. The van der Waals surface area contributed by atoms with Crippen molar-refractivity contribution in [3.63, 3.8) is 0 Å². The number of hydrogen-bond acceptors (Lipinski definition) is 3. The molecule has 0 fully saturated rings. The lowest BCUT2D eigenvalue weighted by atomic mass is 10.1. The van der Waals surface area contributed by atoms with Crippen molar-refractivity contribution in [1.29, 1.82) is 0 Å². The van der Waals surface area contributed by atoms with E-state index in [0.29, 0.717) is 0 Å². The molecule has 0 aliphatic heterocycles. The fourth-order valence-electron chi connectivity index (χ4n) is 1.20. The Morgan fingerprint density at radius 3 is 2.75 bits per heavy atom. The Labute approximate surface area is 77.5 Å². The van der Waals surface area contributed by atoms with Gasteiger partial charge in [0.15, 0.2) is 0 Å². The molecule has 0 bridgehead atoms. The lowest BCUT2D eigenvalue weighted by Gasteiger charge is -2.17. The molecule has 0 aromatic carbocycles. The van der Waals surface area contributed by atoms with Crippen LogP contribution in [0.4, 0.5) is 0 Å². The summed E-state index contributed by atoms with van der Waals surface area (Å²) >= 11 is 1.71. The van der Waals surface area contributed by atoms with Crippen LogP contribution in [0.25, 0.3) is 0 Å². The molecule has 1 atom stereocenters. The van der Waals surface area contributed by atoms with Crippen molar-refractivity contribution >= 4 is 11.3 Å². The maximum atomic E-state index is 9.13. The van der Waals surface area contributed by atoms with Gasteiger partial charge in [0.2, 0.25) is 0 Å². The van der Waals surface area contributed by atoms with E-state index in [1.807, 2.05) is 25.5 Å². The predicted octanol–water partition coefficient (Wildman–Crippen LogP) is 1.39. The molecule has 1 unspecified atom stereocenters. The fourth-order valence-corrected chi connectivity index (χ4v) is 2.01. The van der Waals surface area contributed by atoms with Crippen molar-refractivity contribution in [2.45, 2.75) is 5.92 Å². The Bertz CT molecular complexity index is 208. The van der Waals surface area contributed by atoms with Gasteiger partial charge in [-0.2, -0.15) is 0 Å². The van der Waals surface area contributed by atoms with Gasteiger partial charge in [-0.3, -0.25) is 0 Å². The van der Waals surface area contributed by atoms with E-state index in [0.717, 1.165) is 6.54 Å². The van der Waals surface area contributed by atoms with E-state index in [1.165, 1.54) is 4.88 Å². The van der Waals surface area contributed by atoms with Crippen LogP contribution in [0.5, 0.6) is 0 Å². The molecule has 68 valence electrons. The normalized spacial score (nSPS) is 13.7. The molecule has 1 rings (SSSR count). The van der Waals surface area contributed by atoms with Gasteiger partial charge in [0.25, 0.3) is 0 Å². The summed E-state index contributed by atoms with van der Waals surface area (Å²) in [5, 5.41) is 11.2. The van der Waals surface area contributed by atoms with E-state index < -0.39 is 0 Å². The summed E-state index contributed by atoms with van der Waals surface area (Å²) in [6.07, 6.45) is 0. The highest BCUT2D eigenvalue weighted by atomic mass is 32.1. The van der Waals surface area contributed by atoms with Crippen LogP contribution in [0.15, 0.2) is 17.5 Å². The molecule has 0 aliphatic carbocycles. The smallest absolute Gasteiger partial charge is 0.0520 e. The van der Waals surface area contributed by atoms with Crippen LogP contribution in [0.3, 0.4) is 0 Å². The van der Waals surface area contributed by atoms with E-state index >= 15 is 0 Å². The van der Waals surface area contributed by atoms with Gasteiger partial charge in [-0.05, 0) is 25.5 Å². The first-order valence-electron chi connectivity index (χ1n) is 4.03. The van der Waals surface area contributed by atoms with Gasteiger partial charge in [-0.1, -0.05) is 6.07 Å². The summed E-state index contributed by atoms with van der Waals surface area (Å²) < 4.78 is 0. The molecule has 0 spiro atoms. The zero-order valence-corrected chi connectivity index (χ0v) is 8.34. The van der Waals surface area contributed by atoms with Crippen LogP contribution >= 0.6 is 11.3 Å². The second-order valence-corrected chi connectivity index (χ2v) is 4.14. The zero-order chi connectivity index (χ0) is 8.97. The topological polar surface area (TPSA) is 23.5 Å². The number of nitrogens with zero attached hydrogens (tertiary/aromatic N) is 1. The number of rotatable bonds is 4. The Hall–Kier alpha value is -0.380. The van der Waals surface area contributed by atoms with Gasteiger partial charge in [0.1, 0.15) is 0 Å². The number of thiophene rings is 1. The summed E-state index contributed by atoms with van der Waals surface area (Å²) in [6.45, 7) is 1.15. The highest BCUT2D eigenvalue weighted by Gasteiger charge is 2.11. The minimum atomic E-state index is 0.235. The molecule has 1 N–H and O–H groups in total. The molecule has 2 nitrogen and oxygen atoms in total.